The van der Waals surface area contributed by atoms with Crippen LogP contribution < -0.4 is 10.1 Å². The first-order valence-corrected chi connectivity index (χ1v) is 4.67. The number of pyridine rings is 1. The molecule has 0 amide bonds. The van der Waals surface area contributed by atoms with Crippen LogP contribution in [0.3, 0.4) is 0 Å². The fraction of sp³-hybridized carbons (Fsp3) is 0.364. The normalized spacial score (nSPS) is 12.1. The van der Waals surface area contributed by atoms with Crippen molar-refractivity contribution in [2.24, 2.45) is 0 Å². The van der Waals surface area contributed by atoms with Crippen molar-refractivity contribution in [1.82, 2.24) is 10.3 Å². The SMILES string of the molecule is C=CC(NCC)c1ccncc1OC. The Kier molecular flexibility index (Phi) is 4.13. The molecule has 0 bridgehead atoms. The second kappa shape index (κ2) is 5.40. The highest BCUT2D eigenvalue weighted by molar-refractivity contribution is 5.34. The number of nitrogens with one attached hydrogen (secondary N) is 1. The highest BCUT2D eigenvalue weighted by Crippen LogP contribution is 2.23. The van der Waals surface area contributed by atoms with Crippen molar-refractivity contribution in [3.63, 3.8) is 0 Å². The summed E-state index contributed by atoms with van der Waals surface area (Å²) in [7, 11) is 1.65. The lowest BCUT2D eigenvalue weighted by Gasteiger charge is -2.16. The van der Waals surface area contributed by atoms with Crippen molar-refractivity contribution in [3.05, 3.63) is 36.7 Å². The van der Waals surface area contributed by atoms with Gasteiger partial charge in [0.05, 0.1) is 19.3 Å². The molecular weight excluding hydrogens is 176 g/mol. The van der Waals surface area contributed by atoms with Gasteiger partial charge >= 0.3 is 0 Å². The number of nitrogens with zero attached hydrogens (tertiary/aromatic N) is 1. The highest BCUT2D eigenvalue weighted by Gasteiger charge is 2.10. The molecule has 1 aromatic heterocycles. The summed E-state index contributed by atoms with van der Waals surface area (Å²) in [6, 6.07) is 2.06. The smallest absolute Gasteiger partial charge is 0.142 e. The zero-order chi connectivity index (χ0) is 10.4. The number of likely N-dealkylation sites (N-methyl/N-ethyl adjacent to an activating group) is 1. The van der Waals surface area contributed by atoms with E-state index in [0.717, 1.165) is 17.9 Å². The van der Waals surface area contributed by atoms with Crippen LogP contribution in [0.5, 0.6) is 5.75 Å². The number of methoxy groups -OCH3 is 1. The quantitative estimate of drug-likeness (QED) is 0.724. The Morgan fingerprint density at radius 3 is 3.07 bits per heavy atom. The third kappa shape index (κ3) is 2.33. The molecule has 0 aliphatic rings. The van der Waals surface area contributed by atoms with Crippen LogP contribution in [0.4, 0.5) is 0 Å². The molecule has 0 saturated heterocycles. The van der Waals surface area contributed by atoms with Gasteiger partial charge in [0.15, 0.2) is 0 Å². The zero-order valence-electron chi connectivity index (χ0n) is 8.66. The number of hydrogen-bond acceptors (Lipinski definition) is 3. The van der Waals surface area contributed by atoms with Crippen molar-refractivity contribution in [1.29, 1.82) is 0 Å². The lowest BCUT2D eigenvalue weighted by Crippen LogP contribution is -2.19. The minimum Gasteiger partial charge on any atom is -0.495 e. The molecule has 76 valence electrons. The Bertz CT molecular complexity index is 299. The molecule has 0 aliphatic heterocycles. The van der Waals surface area contributed by atoms with Crippen LogP contribution in [0.2, 0.25) is 0 Å². The first-order chi connectivity index (χ1) is 6.83. The van der Waals surface area contributed by atoms with E-state index < -0.39 is 0 Å². The summed E-state index contributed by atoms with van der Waals surface area (Å²) in [6.07, 6.45) is 5.33. The van der Waals surface area contributed by atoms with E-state index in [1.807, 2.05) is 12.1 Å². The van der Waals surface area contributed by atoms with Crippen molar-refractivity contribution in [2.75, 3.05) is 13.7 Å². The van der Waals surface area contributed by atoms with Gasteiger partial charge in [-0.15, -0.1) is 6.58 Å². The molecule has 0 spiro atoms. The van der Waals surface area contributed by atoms with Gasteiger partial charge in [-0.1, -0.05) is 13.0 Å². The molecule has 1 N–H and O–H groups in total. The molecule has 14 heavy (non-hydrogen) atoms. The summed E-state index contributed by atoms with van der Waals surface area (Å²) >= 11 is 0. The van der Waals surface area contributed by atoms with Gasteiger partial charge in [0, 0.05) is 11.8 Å². The first kappa shape index (κ1) is 10.7. The summed E-state index contributed by atoms with van der Waals surface area (Å²) in [6.45, 7) is 6.74. The maximum absolute atomic E-state index is 5.22. The molecule has 0 fully saturated rings. The maximum Gasteiger partial charge on any atom is 0.142 e. The Hall–Kier alpha value is -1.35. The predicted molar refractivity (Wildman–Crippen MR) is 57.4 cm³/mol. The van der Waals surface area contributed by atoms with Crippen molar-refractivity contribution in [3.8, 4) is 5.75 Å². The molecule has 0 aromatic carbocycles. The zero-order valence-corrected chi connectivity index (χ0v) is 8.66. The molecule has 3 heteroatoms. The second-order valence-corrected chi connectivity index (χ2v) is 2.89. The van der Waals surface area contributed by atoms with Crippen LogP contribution in [0, 0.1) is 0 Å². The minimum atomic E-state index is 0.123. The Balaban J connectivity index is 2.95. The van der Waals surface area contributed by atoms with Crippen LogP contribution >= 0.6 is 0 Å². The summed E-state index contributed by atoms with van der Waals surface area (Å²) in [5.74, 6) is 0.790. The van der Waals surface area contributed by atoms with Crippen molar-refractivity contribution in [2.45, 2.75) is 13.0 Å². The Labute approximate surface area is 84.8 Å². The Morgan fingerprint density at radius 2 is 2.50 bits per heavy atom. The van der Waals surface area contributed by atoms with Crippen molar-refractivity contribution >= 4 is 0 Å². The third-order valence-electron chi connectivity index (χ3n) is 2.03. The van der Waals surface area contributed by atoms with Crippen LogP contribution in [0.15, 0.2) is 31.1 Å². The third-order valence-corrected chi connectivity index (χ3v) is 2.03. The standard InChI is InChI=1S/C11H16N2O/c1-4-10(13-5-2)9-6-7-12-8-11(9)14-3/h4,6-8,10,13H,1,5H2,2-3H3. The van der Waals surface area contributed by atoms with Crippen LogP contribution in [-0.2, 0) is 0 Å². The van der Waals surface area contributed by atoms with Gasteiger partial charge in [-0.25, -0.2) is 0 Å². The van der Waals surface area contributed by atoms with Gasteiger partial charge in [-0.05, 0) is 12.6 Å². The van der Waals surface area contributed by atoms with Gasteiger partial charge in [0.1, 0.15) is 5.75 Å². The molecule has 3 nitrogen and oxygen atoms in total. The maximum atomic E-state index is 5.22. The fourth-order valence-corrected chi connectivity index (χ4v) is 1.36. The molecule has 1 rings (SSSR count). The van der Waals surface area contributed by atoms with Crippen molar-refractivity contribution < 1.29 is 4.74 Å². The molecule has 0 aliphatic carbocycles. The van der Waals surface area contributed by atoms with Crippen LogP contribution in [0.25, 0.3) is 0 Å². The summed E-state index contributed by atoms with van der Waals surface area (Å²) in [4.78, 5) is 4.01. The van der Waals surface area contributed by atoms with Gasteiger partial charge < -0.3 is 10.1 Å². The number of hydrogen-bond donors (Lipinski definition) is 1. The van der Waals surface area contributed by atoms with E-state index in [-0.39, 0.29) is 6.04 Å². The average molecular weight is 192 g/mol. The van der Waals surface area contributed by atoms with Crippen LogP contribution in [0.1, 0.15) is 18.5 Å². The molecule has 1 aromatic rings. The van der Waals surface area contributed by atoms with E-state index in [0.29, 0.717) is 0 Å². The topological polar surface area (TPSA) is 34.2 Å². The van der Waals surface area contributed by atoms with E-state index in [1.165, 1.54) is 0 Å². The van der Waals surface area contributed by atoms with Gasteiger partial charge in [0.2, 0.25) is 0 Å². The summed E-state index contributed by atoms with van der Waals surface area (Å²) in [5, 5.41) is 3.30. The number of rotatable bonds is 5. The van der Waals surface area contributed by atoms with E-state index in [9.17, 15) is 0 Å². The number of ether oxygens (including phenoxy) is 1. The fourth-order valence-electron chi connectivity index (χ4n) is 1.36. The monoisotopic (exact) mass is 192 g/mol. The predicted octanol–water partition coefficient (Wildman–Crippen LogP) is 1.93. The summed E-state index contributed by atoms with van der Waals surface area (Å²) < 4.78 is 5.22. The lowest BCUT2D eigenvalue weighted by atomic mass is 10.1. The van der Waals surface area contributed by atoms with Gasteiger partial charge in [-0.3, -0.25) is 4.98 Å². The van der Waals surface area contributed by atoms with E-state index in [4.69, 9.17) is 4.74 Å². The van der Waals surface area contributed by atoms with E-state index in [2.05, 4.69) is 23.8 Å². The van der Waals surface area contributed by atoms with E-state index >= 15 is 0 Å². The molecule has 1 unspecified atom stereocenters. The lowest BCUT2D eigenvalue weighted by molar-refractivity contribution is 0.403. The largest absolute Gasteiger partial charge is 0.495 e. The number of aromatic nitrogens is 1. The first-order valence-electron chi connectivity index (χ1n) is 4.67. The molecule has 0 radical (unpaired) electrons. The minimum absolute atomic E-state index is 0.123. The summed E-state index contributed by atoms with van der Waals surface area (Å²) in [5.41, 5.74) is 1.07. The molecule has 1 heterocycles. The molecule has 0 saturated carbocycles. The Morgan fingerprint density at radius 1 is 1.71 bits per heavy atom. The van der Waals surface area contributed by atoms with Crippen LogP contribution in [-0.4, -0.2) is 18.6 Å². The molecular formula is C11H16N2O. The average Bonchev–Trinajstić information content (AvgIpc) is 2.26. The van der Waals surface area contributed by atoms with Gasteiger partial charge in [0.25, 0.3) is 0 Å². The van der Waals surface area contributed by atoms with E-state index in [1.54, 1.807) is 19.5 Å². The molecule has 1 atom stereocenters. The highest BCUT2D eigenvalue weighted by atomic mass is 16.5. The second-order valence-electron chi connectivity index (χ2n) is 2.89. The van der Waals surface area contributed by atoms with Gasteiger partial charge in [-0.2, -0.15) is 0 Å².